The van der Waals surface area contributed by atoms with Crippen molar-refractivity contribution >= 4 is 29.2 Å². The van der Waals surface area contributed by atoms with Crippen molar-refractivity contribution in [1.29, 1.82) is 0 Å². The van der Waals surface area contributed by atoms with Crippen molar-refractivity contribution in [3.05, 3.63) is 57.8 Å². The lowest BCUT2D eigenvalue weighted by Gasteiger charge is -2.30. The second-order valence-electron chi connectivity index (χ2n) is 8.80. The maximum absolute atomic E-state index is 13.0. The lowest BCUT2D eigenvalue weighted by molar-refractivity contribution is -0.136. The first-order chi connectivity index (χ1) is 14.9. The van der Waals surface area contributed by atoms with Crippen LogP contribution in [0.5, 0.6) is 0 Å². The number of amides is 4. The molecule has 2 aliphatic rings. The molecule has 4 rings (SSSR count). The maximum Gasteiger partial charge on any atom is 0.325 e. The molecule has 2 heterocycles. The van der Waals surface area contributed by atoms with E-state index in [2.05, 4.69) is 36.6 Å². The van der Waals surface area contributed by atoms with E-state index in [0.717, 1.165) is 34.6 Å². The first-order valence-electron chi connectivity index (χ1n) is 11.0. The van der Waals surface area contributed by atoms with Gasteiger partial charge in [0.15, 0.2) is 0 Å². The summed E-state index contributed by atoms with van der Waals surface area (Å²) in [5, 5.41) is 7.88. The Morgan fingerprint density at radius 2 is 1.77 bits per heavy atom. The highest BCUT2D eigenvalue weighted by molar-refractivity contribution is 7.10. The fraction of sp³-hybridized carbons (Fsp3) is 0.458. The number of thiophene rings is 1. The number of hydrogen-bond acceptors (Lipinski definition) is 4. The number of benzene rings is 1. The van der Waals surface area contributed by atoms with Crippen LogP contribution in [0.25, 0.3) is 0 Å². The van der Waals surface area contributed by atoms with Gasteiger partial charge in [-0.05, 0) is 41.3 Å². The van der Waals surface area contributed by atoms with Gasteiger partial charge in [0.05, 0.1) is 6.04 Å². The Kier molecular flexibility index (Phi) is 6.14. The standard InChI is InChI=1S/C24H29N3O3S/c1-16(2)17-8-10-18(11-9-17)21(19-7-6-14-31-19)25-20(28)15-27-22(29)24(26-23(27)30)12-4-3-5-13-24/h6-11,14,16,21H,3-5,12-13,15H2,1-2H3,(H,25,28)(H,26,30). The molecule has 31 heavy (non-hydrogen) atoms. The molecule has 1 atom stereocenters. The zero-order valence-corrected chi connectivity index (χ0v) is 18.8. The summed E-state index contributed by atoms with van der Waals surface area (Å²) in [6, 6.07) is 11.4. The average molecular weight is 440 g/mol. The topological polar surface area (TPSA) is 78.5 Å². The first-order valence-corrected chi connectivity index (χ1v) is 11.8. The Morgan fingerprint density at radius 3 is 2.39 bits per heavy atom. The van der Waals surface area contributed by atoms with Crippen molar-refractivity contribution in [2.45, 2.75) is 63.5 Å². The molecule has 1 aliphatic carbocycles. The van der Waals surface area contributed by atoms with Crippen LogP contribution in [-0.4, -0.2) is 34.8 Å². The van der Waals surface area contributed by atoms with Crippen molar-refractivity contribution < 1.29 is 14.4 Å². The molecule has 0 radical (unpaired) electrons. The van der Waals surface area contributed by atoms with E-state index in [1.807, 2.05) is 29.6 Å². The van der Waals surface area contributed by atoms with Gasteiger partial charge in [-0.2, -0.15) is 0 Å². The van der Waals surface area contributed by atoms with E-state index in [9.17, 15) is 14.4 Å². The minimum Gasteiger partial charge on any atom is -0.343 e. The van der Waals surface area contributed by atoms with Crippen molar-refractivity contribution in [2.75, 3.05) is 6.54 Å². The van der Waals surface area contributed by atoms with Gasteiger partial charge in [-0.15, -0.1) is 11.3 Å². The predicted octanol–water partition coefficient (Wildman–Crippen LogP) is 4.33. The average Bonchev–Trinajstić information content (AvgIpc) is 3.37. The van der Waals surface area contributed by atoms with Gasteiger partial charge >= 0.3 is 6.03 Å². The Labute approximate surface area is 187 Å². The number of nitrogens with one attached hydrogen (secondary N) is 2. The Balaban J connectivity index is 1.49. The quantitative estimate of drug-likeness (QED) is 0.658. The molecule has 164 valence electrons. The van der Waals surface area contributed by atoms with Gasteiger partial charge in [0, 0.05) is 4.88 Å². The first kappa shape index (κ1) is 21.6. The highest BCUT2D eigenvalue weighted by atomic mass is 32.1. The number of nitrogens with zero attached hydrogens (tertiary/aromatic N) is 1. The van der Waals surface area contributed by atoms with E-state index in [-0.39, 0.29) is 24.4 Å². The number of urea groups is 1. The summed E-state index contributed by atoms with van der Waals surface area (Å²) in [7, 11) is 0. The van der Waals surface area contributed by atoms with Crippen LogP contribution >= 0.6 is 11.3 Å². The maximum atomic E-state index is 13.0. The number of carbonyl (C=O) groups is 3. The van der Waals surface area contributed by atoms with Crippen molar-refractivity contribution in [3.8, 4) is 0 Å². The second kappa shape index (κ2) is 8.83. The molecular formula is C24H29N3O3S. The van der Waals surface area contributed by atoms with Gasteiger partial charge in [-0.3, -0.25) is 14.5 Å². The van der Waals surface area contributed by atoms with Crippen LogP contribution in [0, 0.1) is 0 Å². The molecular weight excluding hydrogens is 410 g/mol. The normalized spacial score (nSPS) is 19.0. The van der Waals surface area contributed by atoms with Gasteiger partial charge in [0.1, 0.15) is 12.1 Å². The van der Waals surface area contributed by atoms with Crippen molar-refractivity contribution in [2.24, 2.45) is 0 Å². The van der Waals surface area contributed by atoms with Crippen LogP contribution in [0.4, 0.5) is 4.79 Å². The Morgan fingerprint density at radius 1 is 1.10 bits per heavy atom. The van der Waals surface area contributed by atoms with Gasteiger partial charge < -0.3 is 10.6 Å². The van der Waals surface area contributed by atoms with Crippen molar-refractivity contribution in [1.82, 2.24) is 15.5 Å². The Hall–Kier alpha value is -2.67. The van der Waals surface area contributed by atoms with Crippen LogP contribution in [0.1, 0.15) is 73.9 Å². The van der Waals surface area contributed by atoms with Gasteiger partial charge in [0.2, 0.25) is 5.91 Å². The van der Waals surface area contributed by atoms with Gasteiger partial charge in [-0.1, -0.05) is 63.4 Å². The fourth-order valence-corrected chi connectivity index (χ4v) is 5.31. The zero-order valence-electron chi connectivity index (χ0n) is 18.0. The molecule has 1 unspecified atom stereocenters. The van der Waals surface area contributed by atoms with E-state index in [4.69, 9.17) is 0 Å². The third-order valence-corrected chi connectivity index (χ3v) is 7.26. The lowest BCUT2D eigenvalue weighted by Crippen LogP contribution is -2.49. The van der Waals surface area contributed by atoms with Crippen LogP contribution in [-0.2, 0) is 9.59 Å². The summed E-state index contributed by atoms with van der Waals surface area (Å²) in [5.74, 6) is -0.181. The molecule has 1 saturated heterocycles. The van der Waals surface area contributed by atoms with Crippen LogP contribution < -0.4 is 10.6 Å². The monoisotopic (exact) mass is 439 g/mol. The summed E-state index contributed by atoms with van der Waals surface area (Å²) in [6.45, 7) is 4.02. The van der Waals surface area contributed by atoms with E-state index in [1.165, 1.54) is 5.56 Å². The Bertz CT molecular complexity index is 947. The second-order valence-corrected chi connectivity index (χ2v) is 9.78. The summed E-state index contributed by atoms with van der Waals surface area (Å²) in [5.41, 5.74) is 1.40. The molecule has 6 nitrogen and oxygen atoms in total. The number of carbonyl (C=O) groups excluding carboxylic acids is 3. The van der Waals surface area contributed by atoms with Crippen LogP contribution in [0.15, 0.2) is 41.8 Å². The third-order valence-electron chi connectivity index (χ3n) is 6.32. The smallest absolute Gasteiger partial charge is 0.325 e. The fourth-order valence-electron chi connectivity index (χ4n) is 4.51. The van der Waals surface area contributed by atoms with E-state index >= 15 is 0 Å². The number of hydrogen-bond donors (Lipinski definition) is 2. The summed E-state index contributed by atoms with van der Waals surface area (Å²) in [4.78, 5) is 40.5. The summed E-state index contributed by atoms with van der Waals surface area (Å²) < 4.78 is 0. The SMILES string of the molecule is CC(C)c1ccc(C(NC(=O)CN2C(=O)NC3(CCCCC3)C2=O)c2cccs2)cc1. The molecule has 2 aromatic rings. The largest absolute Gasteiger partial charge is 0.343 e. The van der Waals surface area contributed by atoms with E-state index in [1.54, 1.807) is 11.3 Å². The minimum atomic E-state index is -0.810. The molecule has 7 heteroatoms. The molecule has 2 N–H and O–H groups in total. The highest BCUT2D eigenvalue weighted by Gasteiger charge is 2.51. The predicted molar refractivity (Wildman–Crippen MR) is 121 cm³/mol. The molecule has 1 saturated carbocycles. The molecule has 1 spiro atoms. The van der Waals surface area contributed by atoms with Crippen molar-refractivity contribution in [3.63, 3.8) is 0 Å². The van der Waals surface area contributed by atoms with E-state index < -0.39 is 11.6 Å². The lowest BCUT2D eigenvalue weighted by atomic mass is 9.82. The molecule has 1 aliphatic heterocycles. The zero-order chi connectivity index (χ0) is 22.0. The summed E-state index contributed by atoms with van der Waals surface area (Å²) >= 11 is 1.57. The molecule has 1 aromatic heterocycles. The molecule has 0 bridgehead atoms. The van der Waals surface area contributed by atoms with Gasteiger partial charge in [-0.25, -0.2) is 4.79 Å². The number of rotatable bonds is 6. The highest BCUT2D eigenvalue weighted by Crippen LogP contribution is 2.34. The van der Waals surface area contributed by atoms with E-state index in [0.29, 0.717) is 18.8 Å². The third kappa shape index (κ3) is 4.37. The van der Waals surface area contributed by atoms with Crippen LogP contribution in [0.3, 0.4) is 0 Å². The molecule has 1 aromatic carbocycles. The minimum absolute atomic E-state index is 0.263. The summed E-state index contributed by atoms with van der Waals surface area (Å²) in [6.07, 6.45) is 4.20. The molecule has 4 amide bonds. The van der Waals surface area contributed by atoms with Crippen LogP contribution in [0.2, 0.25) is 0 Å². The van der Waals surface area contributed by atoms with Gasteiger partial charge in [0.25, 0.3) is 5.91 Å². The number of imide groups is 1. The molecule has 2 fully saturated rings.